The van der Waals surface area contributed by atoms with Crippen LogP contribution >= 0.6 is 0 Å². The number of carbonyl (C=O) groups is 3. The van der Waals surface area contributed by atoms with Crippen molar-refractivity contribution >= 4 is 17.9 Å². The molecular weight excluding hydrogens is 554 g/mol. The number of fused-ring (bicyclic) bond motifs is 1. The van der Waals surface area contributed by atoms with Crippen molar-refractivity contribution in [2.75, 3.05) is 87.4 Å². The zero-order valence-electron chi connectivity index (χ0n) is 26.4. The molecule has 0 spiro atoms. The molecule has 43 heavy (non-hydrogen) atoms. The molecule has 2 saturated heterocycles. The first-order valence-corrected chi connectivity index (χ1v) is 15.5. The molecule has 240 valence electrons. The summed E-state index contributed by atoms with van der Waals surface area (Å²) in [6.45, 7) is 6.73. The van der Waals surface area contributed by atoms with Gasteiger partial charge < -0.3 is 38.9 Å². The molecule has 2 fully saturated rings. The molecule has 0 bridgehead atoms. The fraction of sp³-hybridized carbons (Fsp3) is 0.710. The minimum Gasteiger partial charge on any atom is -0.493 e. The van der Waals surface area contributed by atoms with Crippen LogP contribution in [0.1, 0.15) is 50.5 Å². The summed E-state index contributed by atoms with van der Waals surface area (Å²) >= 11 is 0. The third kappa shape index (κ3) is 7.83. The predicted molar refractivity (Wildman–Crippen MR) is 162 cm³/mol. The van der Waals surface area contributed by atoms with Gasteiger partial charge >= 0.3 is 12.0 Å². The third-order valence-corrected chi connectivity index (χ3v) is 8.86. The van der Waals surface area contributed by atoms with E-state index in [0.717, 1.165) is 37.8 Å². The van der Waals surface area contributed by atoms with Gasteiger partial charge in [-0.25, -0.2) is 4.79 Å². The molecule has 1 aromatic carbocycles. The smallest absolute Gasteiger partial charge is 0.319 e. The summed E-state index contributed by atoms with van der Waals surface area (Å²) in [5, 5.41) is 10.6. The number of hydrogen-bond acceptors (Lipinski definition) is 8. The average Bonchev–Trinajstić information content (AvgIpc) is 3.59. The zero-order valence-corrected chi connectivity index (χ0v) is 26.4. The summed E-state index contributed by atoms with van der Waals surface area (Å²) in [5.41, 5.74) is 0.774. The standard InChI is InChI=1S/C31H49N5O7/c1-6-7-13-34(14-8-11-32(2)3)27(37)20-36-19-23(22-17-25(41-5)29-26(18-22)42-21-43-29)28(30(38)39)24(36)10-16-35-15-9-12-33(4)31(35)40/h17-18,23-24,28H,6-16,19-21H2,1-5H3,(H,38,39)/t23-,24+,28-/m1/s1. The van der Waals surface area contributed by atoms with Crippen LogP contribution < -0.4 is 14.2 Å². The number of likely N-dealkylation sites (tertiary alicyclic amines) is 1. The monoisotopic (exact) mass is 603 g/mol. The van der Waals surface area contributed by atoms with Gasteiger partial charge in [-0.2, -0.15) is 0 Å². The number of aliphatic carboxylic acids is 1. The fourth-order valence-electron chi connectivity index (χ4n) is 6.54. The lowest BCUT2D eigenvalue weighted by Crippen LogP contribution is -2.50. The Bertz CT molecular complexity index is 1130. The van der Waals surface area contributed by atoms with E-state index in [-0.39, 0.29) is 25.3 Å². The second-order valence-corrected chi connectivity index (χ2v) is 12.1. The number of urea groups is 1. The van der Waals surface area contributed by atoms with E-state index >= 15 is 0 Å². The van der Waals surface area contributed by atoms with Crippen LogP contribution in [0.5, 0.6) is 17.2 Å². The van der Waals surface area contributed by atoms with E-state index in [1.165, 1.54) is 0 Å². The van der Waals surface area contributed by atoms with Crippen molar-refractivity contribution in [3.8, 4) is 17.2 Å². The fourth-order valence-corrected chi connectivity index (χ4v) is 6.54. The van der Waals surface area contributed by atoms with Crippen molar-refractivity contribution in [1.82, 2.24) is 24.5 Å². The van der Waals surface area contributed by atoms with Crippen LogP contribution in [0.15, 0.2) is 12.1 Å². The largest absolute Gasteiger partial charge is 0.493 e. The van der Waals surface area contributed by atoms with Crippen molar-refractivity contribution in [2.45, 2.75) is 51.0 Å². The lowest BCUT2D eigenvalue weighted by atomic mass is 9.84. The van der Waals surface area contributed by atoms with E-state index < -0.39 is 23.8 Å². The lowest BCUT2D eigenvalue weighted by molar-refractivity contribution is -0.144. The molecule has 3 atom stereocenters. The van der Waals surface area contributed by atoms with E-state index in [0.29, 0.717) is 62.9 Å². The van der Waals surface area contributed by atoms with Gasteiger partial charge in [0.1, 0.15) is 0 Å². The molecule has 3 heterocycles. The average molecular weight is 604 g/mol. The number of unbranched alkanes of at least 4 members (excludes halogenated alkanes) is 1. The van der Waals surface area contributed by atoms with Crippen LogP contribution in [0.3, 0.4) is 0 Å². The van der Waals surface area contributed by atoms with E-state index in [1.807, 2.05) is 36.0 Å². The Morgan fingerprint density at radius 2 is 1.88 bits per heavy atom. The number of rotatable bonds is 15. The normalized spacial score (nSPS) is 22.0. The highest BCUT2D eigenvalue weighted by Crippen LogP contribution is 2.47. The van der Waals surface area contributed by atoms with Crippen molar-refractivity contribution in [3.05, 3.63) is 17.7 Å². The summed E-state index contributed by atoms with van der Waals surface area (Å²) in [5.74, 6) is -0.565. The van der Waals surface area contributed by atoms with Crippen molar-refractivity contribution in [3.63, 3.8) is 0 Å². The molecule has 3 aliphatic heterocycles. The Morgan fingerprint density at radius 1 is 1.12 bits per heavy atom. The van der Waals surface area contributed by atoms with E-state index in [1.54, 1.807) is 24.0 Å². The minimum atomic E-state index is -0.919. The Balaban J connectivity index is 1.61. The van der Waals surface area contributed by atoms with Gasteiger partial charge in [0.2, 0.25) is 18.4 Å². The van der Waals surface area contributed by atoms with Gasteiger partial charge in [-0.3, -0.25) is 14.5 Å². The quantitative estimate of drug-likeness (QED) is 0.323. The molecule has 0 aromatic heterocycles. The molecule has 12 heteroatoms. The van der Waals surface area contributed by atoms with Gasteiger partial charge in [-0.05, 0) is 64.0 Å². The maximum Gasteiger partial charge on any atom is 0.319 e. The van der Waals surface area contributed by atoms with Gasteiger partial charge in [0.15, 0.2) is 11.5 Å². The van der Waals surface area contributed by atoms with Crippen LogP contribution in [0.2, 0.25) is 0 Å². The number of carboxylic acid groups (broad SMARTS) is 1. The highest BCUT2D eigenvalue weighted by atomic mass is 16.7. The second kappa shape index (κ2) is 15.0. The van der Waals surface area contributed by atoms with Crippen molar-refractivity contribution < 1.29 is 33.7 Å². The van der Waals surface area contributed by atoms with Crippen LogP contribution in [0, 0.1) is 5.92 Å². The number of nitrogens with zero attached hydrogens (tertiary/aromatic N) is 5. The molecule has 1 N–H and O–H groups in total. The first-order chi connectivity index (χ1) is 20.6. The molecular formula is C31H49N5O7. The number of benzene rings is 1. The number of carboxylic acids is 1. The first-order valence-electron chi connectivity index (χ1n) is 15.5. The summed E-state index contributed by atoms with van der Waals surface area (Å²) in [4.78, 5) is 49.2. The molecule has 12 nitrogen and oxygen atoms in total. The van der Waals surface area contributed by atoms with E-state index in [4.69, 9.17) is 14.2 Å². The van der Waals surface area contributed by atoms with Crippen molar-refractivity contribution in [2.24, 2.45) is 5.92 Å². The van der Waals surface area contributed by atoms with E-state index in [9.17, 15) is 19.5 Å². The van der Waals surface area contributed by atoms with Gasteiger partial charge in [-0.15, -0.1) is 0 Å². The maximum absolute atomic E-state index is 13.8. The number of methoxy groups -OCH3 is 1. The molecule has 3 aliphatic rings. The Kier molecular flexibility index (Phi) is 11.4. The highest BCUT2D eigenvalue weighted by Gasteiger charge is 2.48. The molecule has 0 unspecified atom stereocenters. The Hall–Kier alpha value is -3.25. The molecule has 0 aliphatic carbocycles. The van der Waals surface area contributed by atoms with Crippen LogP contribution in [-0.4, -0.2) is 141 Å². The lowest BCUT2D eigenvalue weighted by Gasteiger charge is -2.35. The topological polar surface area (TPSA) is 115 Å². The number of carbonyl (C=O) groups excluding carboxylic acids is 2. The second-order valence-electron chi connectivity index (χ2n) is 12.1. The molecule has 4 rings (SSSR count). The van der Waals surface area contributed by atoms with Crippen molar-refractivity contribution in [1.29, 1.82) is 0 Å². The van der Waals surface area contributed by atoms with Crippen LogP contribution in [0.4, 0.5) is 4.79 Å². The minimum absolute atomic E-state index is 0.0130. The number of amides is 3. The maximum atomic E-state index is 13.8. The van der Waals surface area contributed by atoms with Gasteiger partial charge in [0.25, 0.3) is 0 Å². The van der Waals surface area contributed by atoms with Crippen LogP contribution in [-0.2, 0) is 9.59 Å². The summed E-state index contributed by atoms with van der Waals surface area (Å²) in [7, 11) is 7.38. The zero-order chi connectivity index (χ0) is 31.1. The van der Waals surface area contributed by atoms with E-state index in [2.05, 4.69) is 11.8 Å². The molecule has 1 aromatic rings. The van der Waals surface area contributed by atoms with Gasteiger partial charge in [0.05, 0.1) is 19.6 Å². The number of hydrogen-bond donors (Lipinski definition) is 1. The predicted octanol–water partition coefficient (Wildman–Crippen LogP) is 2.62. The summed E-state index contributed by atoms with van der Waals surface area (Å²) < 4.78 is 16.8. The van der Waals surface area contributed by atoms with Crippen LogP contribution in [0.25, 0.3) is 0 Å². The third-order valence-electron chi connectivity index (χ3n) is 8.86. The first kappa shape index (κ1) is 32.7. The summed E-state index contributed by atoms with van der Waals surface area (Å²) in [6, 6.07) is 3.19. The summed E-state index contributed by atoms with van der Waals surface area (Å²) in [6.07, 6.45) is 4.10. The molecule has 0 saturated carbocycles. The Morgan fingerprint density at radius 3 is 2.58 bits per heavy atom. The highest BCUT2D eigenvalue weighted by molar-refractivity contribution is 5.79. The Labute approximate surface area is 255 Å². The van der Waals surface area contributed by atoms with Gasteiger partial charge in [0, 0.05) is 58.3 Å². The number of ether oxygens (including phenoxy) is 3. The SMILES string of the molecule is CCCCN(CCCN(C)C)C(=O)CN1C[C@H](c2cc(OC)c3c(c2)OCO3)[C@@H](C(=O)O)[C@@H]1CCN1CCCN(C)C1=O. The molecule has 3 amide bonds. The molecule has 0 radical (unpaired) electrons. The van der Waals surface area contributed by atoms with Gasteiger partial charge in [-0.1, -0.05) is 13.3 Å².